The van der Waals surface area contributed by atoms with Crippen molar-refractivity contribution in [3.05, 3.63) is 60.8 Å². The Bertz CT molecular complexity index is 1280. The van der Waals surface area contributed by atoms with Gasteiger partial charge in [0.25, 0.3) is 0 Å². The minimum absolute atomic E-state index is 0.343. The van der Waals surface area contributed by atoms with E-state index < -0.39 is 0 Å². The highest BCUT2D eigenvalue weighted by Crippen LogP contribution is 2.43. The van der Waals surface area contributed by atoms with E-state index in [4.69, 9.17) is 11.6 Å². The number of rotatable bonds is 5. The number of nitrogens with zero attached hydrogens (tertiary/aromatic N) is 3. The molecule has 6 nitrogen and oxygen atoms in total. The number of amides is 1. The normalized spacial score (nSPS) is 23.1. The fraction of sp³-hybridized carbons (Fsp3) is 0.594. The van der Waals surface area contributed by atoms with Gasteiger partial charge in [-0.2, -0.15) is 0 Å². The molecule has 5 aliphatic rings. The predicted octanol–water partition coefficient (Wildman–Crippen LogP) is 6.65. The maximum atomic E-state index is 13.1. The van der Waals surface area contributed by atoms with Gasteiger partial charge >= 0.3 is 7.05 Å². The van der Waals surface area contributed by atoms with E-state index in [2.05, 4.69) is 70.1 Å². The zero-order chi connectivity index (χ0) is 29.4. The van der Waals surface area contributed by atoms with E-state index in [1.165, 1.54) is 40.9 Å². The number of likely N-dealkylation sites (tertiary alicyclic amines) is 2. The number of fused-ring (bicyclic) bond motifs is 2. The van der Waals surface area contributed by atoms with Crippen LogP contribution >= 0.6 is 43.5 Å². The molecule has 1 aliphatic carbocycles. The zero-order valence-electron chi connectivity index (χ0n) is 24.6. The molecule has 0 saturated carbocycles. The van der Waals surface area contributed by atoms with E-state index in [1.54, 1.807) is 0 Å². The molecule has 1 amide bonds. The summed E-state index contributed by atoms with van der Waals surface area (Å²) in [6, 6.07) is 4.23. The summed E-state index contributed by atoms with van der Waals surface area (Å²) in [7, 11) is -0.382. The standard InChI is InChI=1S/C32H42BBr2ClN4O2/c1-33(42)40-16-6-21(7-17-40)18-29(41)38-12-8-22(9-13-38)23-10-14-39(15-11-23)32-27-4-5-28(36)30(35)26(27)3-2-24-19-25(34)20-37-31(24)32/h4-5,19-23,37,42H,2-3,6-18H2,1H3. The summed E-state index contributed by atoms with van der Waals surface area (Å²) in [5.74, 6) is 2.23. The fourth-order valence-corrected chi connectivity index (χ4v) is 8.95. The molecule has 4 aliphatic heterocycles. The van der Waals surface area contributed by atoms with Crippen LogP contribution < -0.4 is 5.32 Å². The van der Waals surface area contributed by atoms with Gasteiger partial charge in [-0.1, -0.05) is 17.7 Å². The van der Waals surface area contributed by atoms with E-state index in [0.29, 0.717) is 24.2 Å². The number of carbonyl (C=O) groups is 1. The van der Waals surface area contributed by atoms with E-state index >= 15 is 0 Å². The van der Waals surface area contributed by atoms with Crippen LogP contribution in [-0.4, -0.2) is 71.9 Å². The largest absolute Gasteiger partial charge is 0.437 e. The van der Waals surface area contributed by atoms with Gasteiger partial charge in [0.15, 0.2) is 0 Å². The van der Waals surface area contributed by atoms with Gasteiger partial charge in [-0.3, -0.25) is 4.79 Å². The third-order valence-corrected chi connectivity index (χ3v) is 12.3. The Hall–Kier alpha value is -1.26. The Kier molecular flexibility index (Phi) is 9.81. The van der Waals surface area contributed by atoms with Gasteiger partial charge in [-0.25, -0.2) is 0 Å². The average molecular weight is 721 g/mol. The number of allylic oxidation sites excluding steroid dienone is 3. The van der Waals surface area contributed by atoms with Crippen molar-refractivity contribution in [3.63, 3.8) is 0 Å². The van der Waals surface area contributed by atoms with Crippen LogP contribution in [0.1, 0.15) is 62.5 Å². The third kappa shape index (κ3) is 6.56. The SMILES string of the molecule is CB(O)N1CCC(CC(=O)N2CCC(C3CCN(C4=C5NC=C(Br)C=C5CCc5c4ccc(Cl)c5Br)CC3)CC2)CC1. The lowest BCUT2D eigenvalue weighted by atomic mass is 9.78. The van der Waals surface area contributed by atoms with Crippen LogP contribution in [0.3, 0.4) is 0 Å². The molecule has 10 heteroatoms. The minimum atomic E-state index is -0.382. The second-order valence-electron chi connectivity index (χ2n) is 12.8. The van der Waals surface area contributed by atoms with Gasteiger partial charge in [0.1, 0.15) is 0 Å². The van der Waals surface area contributed by atoms with Crippen LogP contribution in [0.25, 0.3) is 5.70 Å². The molecule has 6 rings (SSSR count). The number of dihydropyridines is 1. The summed E-state index contributed by atoms with van der Waals surface area (Å²) in [6.45, 7) is 7.54. The summed E-state index contributed by atoms with van der Waals surface area (Å²) in [6.07, 6.45) is 13.6. The van der Waals surface area contributed by atoms with Crippen molar-refractivity contribution >= 4 is 62.1 Å². The molecular weight excluding hydrogens is 678 g/mol. The maximum absolute atomic E-state index is 13.1. The molecule has 0 spiro atoms. The molecule has 3 saturated heterocycles. The molecule has 0 unspecified atom stereocenters. The first kappa shape index (κ1) is 30.8. The van der Waals surface area contributed by atoms with Crippen molar-refractivity contribution in [2.45, 2.75) is 64.6 Å². The van der Waals surface area contributed by atoms with Gasteiger partial charge in [0.05, 0.1) is 16.4 Å². The van der Waals surface area contributed by atoms with Crippen molar-refractivity contribution in [2.24, 2.45) is 17.8 Å². The summed E-state index contributed by atoms with van der Waals surface area (Å²) < 4.78 is 2.10. The molecule has 226 valence electrons. The van der Waals surface area contributed by atoms with E-state index in [0.717, 1.165) is 97.7 Å². The van der Waals surface area contributed by atoms with Crippen LogP contribution in [0.4, 0.5) is 0 Å². The minimum Gasteiger partial charge on any atom is -0.437 e. The van der Waals surface area contributed by atoms with Crippen LogP contribution in [-0.2, 0) is 11.2 Å². The number of halogens is 3. The highest BCUT2D eigenvalue weighted by atomic mass is 79.9. The topological polar surface area (TPSA) is 59.1 Å². The second-order valence-corrected chi connectivity index (χ2v) is 14.9. The quantitative estimate of drug-likeness (QED) is 0.334. The molecule has 42 heavy (non-hydrogen) atoms. The van der Waals surface area contributed by atoms with Gasteiger partial charge < -0.3 is 25.0 Å². The summed E-state index contributed by atoms with van der Waals surface area (Å²) in [5, 5.41) is 14.2. The van der Waals surface area contributed by atoms with Gasteiger partial charge in [-0.15, -0.1) is 0 Å². The Morgan fingerprint density at radius 2 is 1.67 bits per heavy atom. The maximum Gasteiger partial charge on any atom is 0.376 e. The highest BCUT2D eigenvalue weighted by molar-refractivity contribution is 9.12. The molecular formula is C32H42BBr2ClN4O2. The molecule has 0 radical (unpaired) electrons. The van der Waals surface area contributed by atoms with Gasteiger partial charge in [-0.05, 0) is 144 Å². The van der Waals surface area contributed by atoms with Crippen LogP contribution in [0.15, 0.2) is 44.6 Å². The number of hydrogen-bond donors (Lipinski definition) is 2. The molecule has 3 fully saturated rings. The van der Waals surface area contributed by atoms with E-state index in [-0.39, 0.29) is 7.05 Å². The van der Waals surface area contributed by atoms with Crippen molar-refractivity contribution in [3.8, 4) is 0 Å². The first-order valence-corrected chi connectivity index (χ1v) is 17.7. The van der Waals surface area contributed by atoms with Crippen LogP contribution in [0.2, 0.25) is 11.8 Å². The molecule has 4 heterocycles. The average Bonchev–Trinajstić information content (AvgIpc) is 3.16. The van der Waals surface area contributed by atoms with E-state index in [1.807, 2.05) is 12.9 Å². The molecule has 1 aromatic carbocycles. The lowest BCUT2D eigenvalue weighted by molar-refractivity contribution is -0.134. The lowest BCUT2D eigenvalue weighted by Gasteiger charge is -2.42. The number of nitrogens with one attached hydrogen (secondary N) is 1. The number of piperidine rings is 3. The predicted molar refractivity (Wildman–Crippen MR) is 179 cm³/mol. The van der Waals surface area contributed by atoms with Gasteiger partial charge in [0.2, 0.25) is 5.91 Å². The van der Waals surface area contributed by atoms with Crippen LogP contribution in [0.5, 0.6) is 0 Å². The molecule has 0 atom stereocenters. The van der Waals surface area contributed by atoms with Crippen molar-refractivity contribution in [1.29, 1.82) is 0 Å². The first-order chi connectivity index (χ1) is 20.3. The Morgan fingerprint density at radius 3 is 2.33 bits per heavy atom. The molecule has 0 bridgehead atoms. The van der Waals surface area contributed by atoms with Crippen LogP contribution in [0, 0.1) is 17.8 Å². The number of benzene rings is 1. The Balaban J connectivity index is 1.06. The smallest absolute Gasteiger partial charge is 0.376 e. The number of hydrogen-bond acceptors (Lipinski definition) is 5. The van der Waals surface area contributed by atoms with Crippen molar-refractivity contribution < 1.29 is 9.82 Å². The van der Waals surface area contributed by atoms with Gasteiger partial charge in [0, 0.05) is 53.3 Å². The third-order valence-electron chi connectivity index (χ3n) is 10.4. The Labute approximate surface area is 273 Å². The monoisotopic (exact) mass is 718 g/mol. The zero-order valence-corrected chi connectivity index (χ0v) is 28.5. The summed E-state index contributed by atoms with van der Waals surface area (Å²) in [5.41, 5.74) is 6.45. The van der Waals surface area contributed by atoms with Crippen molar-refractivity contribution in [1.82, 2.24) is 19.9 Å². The number of carbonyl (C=O) groups excluding carboxylic acids is 1. The second kappa shape index (κ2) is 13.4. The first-order valence-electron chi connectivity index (χ1n) is 15.8. The Morgan fingerprint density at radius 1 is 1.00 bits per heavy atom. The summed E-state index contributed by atoms with van der Waals surface area (Å²) >= 11 is 14.0. The highest BCUT2D eigenvalue weighted by Gasteiger charge is 2.35. The molecule has 1 aromatic rings. The van der Waals surface area contributed by atoms with E-state index in [9.17, 15) is 9.82 Å². The fourth-order valence-electron chi connectivity index (χ4n) is 7.83. The molecule has 2 N–H and O–H groups in total. The van der Waals surface area contributed by atoms with Crippen molar-refractivity contribution in [2.75, 3.05) is 39.3 Å². The summed E-state index contributed by atoms with van der Waals surface area (Å²) in [4.78, 5) is 20.0. The lowest BCUT2D eigenvalue weighted by Crippen LogP contribution is -2.45. The molecule has 0 aromatic heterocycles.